The first-order chi connectivity index (χ1) is 9.55. The van der Waals surface area contributed by atoms with Crippen molar-refractivity contribution in [2.75, 3.05) is 26.7 Å². The van der Waals surface area contributed by atoms with Crippen LogP contribution in [0.1, 0.15) is 25.0 Å². The normalized spacial score (nSPS) is 33.0. The molecule has 1 aromatic carbocycles. The van der Waals surface area contributed by atoms with Gasteiger partial charge < -0.3 is 24.6 Å². The maximum absolute atomic E-state index is 10.8. The molecular formula is C15H21NO4. The van der Waals surface area contributed by atoms with Gasteiger partial charge in [0.25, 0.3) is 0 Å². The molecule has 3 rings (SSSR count). The van der Waals surface area contributed by atoms with E-state index in [1.54, 1.807) is 6.07 Å². The molecule has 0 bridgehead atoms. The van der Waals surface area contributed by atoms with Gasteiger partial charge in [0.05, 0.1) is 18.6 Å². The first-order valence-electron chi connectivity index (χ1n) is 7.09. The summed E-state index contributed by atoms with van der Waals surface area (Å²) in [4.78, 5) is 2.10. The second kappa shape index (κ2) is 4.91. The molecule has 0 saturated carbocycles. The highest BCUT2D eigenvalue weighted by atomic mass is 16.6. The monoisotopic (exact) mass is 279 g/mol. The molecule has 1 fully saturated rings. The zero-order chi connectivity index (χ0) is 14.3. The lowest BCUT2D eigenvalue weighted by atomic mass is 9.81. The molecule has 0 radical (unpaired) electrons. The molecule has 1 saturated heterocycles. The quantitative estimate of drug-likeness (QED) is 0.850. The van der Waals surface area contributed by atoms with Crippen LogP contribution in [-0.2, 0) is 0 Å². The highest BCUT2D eigenvalue weighted by Gasteiger charge is 2.51. The van der Waals surface area contributed by atoms with Gasteiger partial charge in [-0.2, -0.15) is 0 Å². The lowest BCUT2D eigenvalue weighted by Gasteiger charge is -2.48. The molecule has 3 unspecified atom stereocenters. The highest BCUT2D eigenvalue weighted by molar-refractivity contribution is 5.49. The Balaban J connectivity index is 2.03. The SMILES string of the molecule is CCOc1cccc2c1OC1(O)CCN(C)CC1C2O. The molecule has 2 N–H and O–H groups in total. The summed E-state index contributed by atoms with van der Waals surface area (Å²) in [5.41, 5.74) is 0.695. The lowest BCUT2D eigenvalue weighted by Crippen LogP contribution is -2.58. The Morgan fingerprint density at radius 3 is 3.05 bits per heavy atom. The van der Waals surface area contributed by atoms with E-state index in [2.05, 4.69) is 4.90 Å². The number of ether oxygens (including phenoxy) is 2. The average molecular weight is 279 g/mol. The summed E-state index contributed by atoms with van der Waals surface area (Å²) in [7, 11) is 1.98. The third kappa shape index (κ3) is 2.06. The van der Waals surface area contributed by atoms with Crippen LogP contribution in [-0.4, -0.2) is 47.6 Å². The Kier molecular flexibility index (Phi) is 3.36. The maximum atomic E-state index is 10.8. The number of para-hydroxylation sites is 1. The number of benzene rings is 1. The molecule has 20 heavy (non-hydrogen) atoms. The van der Waals surface area contributed by atoms with E-state index in [0.29, 0.717) is 36.6 Å². The number of likely N-dealkylation sites (tertiary alicyclic amines) is 1. The van der Waals surface area contributed by atoms with Crippen molar-refractivity contribution in [3.63, 3.8) is 0 Å². The van der Waals surface area contributed by atoms with Crippen molar-refractivity contribution in [1.82, 2.24) is 4.90 Å². The number of rotatable bonds is 2. The fraction of sp³-hybridized carbons (Fsp3) is 0.600. The molecule has 2 aliphatic heterocycles. The Bertz CT molecular complexity index is 507. The highest BCUT2D eigenvalue weighted by Crippen LogP contribution is 2.49. The van der Waals surface area contributed by atoms with Gasteiger partial charge in [-0.05, 0) is 20.0 Å². The third-order valence-electron chi connectivity index (χ3n) is 4.23. The van der Waals surface area contributed by atoms with Crippen molar-refractivity contribution in [3.8, 4) is 11.5 Å². The van der Waals surface area contributed by atoms with Crippen LogP contribution in [0.3, 0.4) is 0 Å². The van der Waals surface area contributed by atoms with Gasteiger partial charge in [-0.1, -0.05) is 12.1 Å². The van der Waals surface area contributed by atoms with E-state index < -0.39 is 11.9 Å². The molecule has 3 atom stereocenters. The summed E-state index contributed by atoms with van der Waals surface area (Å²) in [5.74, 6) is -0.600. The molecule has 2 heterocycles. The zero-order valence-corrected chi connectivity index (χ0v) is 11.9. The van der Waals surface area contributed by atoms with Gasteiger partial charge >= 0.3 is 0 Å². The molecule has 110 valence electrons. The summed E-state index contributed by atoms with van der Waals surface area (Å²) in [5, 5.41) is 21.4. The molecule has 5 heteroatoms. The fourth-order valence-electron chi connectivity index (χ4n) is 3.12. The summed E-state index contributed by atoms with van der Waals surface area (Å²) in [6.45, 7) is 3.76. The van der Waals surface area contributed by atoms with E-state index in [1.165, 1.54) is 0 Å². The smallest absolute Gasteiger partial charge is 0.216 e. The second-order valence-corrected chi connectivity index (χ2v) is 5.62. The molecule has 2 aliphatic rings. The maximum Gasteiger partial charge on any atom is 0.216 e. The molecule has 5 nitrogen and oxygen atoms in total. The van der Waals surface area contributed by atoms with E-state index in [4.69, 9.17) is 9.47 Å². The molecule has 0 spiro atoms. The number of piperidine rings is 1. The van der Waals surface area contributed by atoms with Gasteiger partial charge in [0.2, 0.25) is 5.79 Å². The van der Waals surface area contributed by atoms with Crippen molar-refractivity contribution < 1.29 is 19.7 Å². The summed E-state index contributed by atoms with van der Waals surface area (Å²) in [6.07, 6.45) is -0.266. The number of nitrogens with zero attached hydrogens (tertiary/aromatic N) is 1. The average Bonchev–Trinajstić information content (AvgIpc) is 2.42. The van der Waals surface area contributed by atoms with Crippen LogP contribution in [0.5, 0.6) is 11.5 Å². The molecule has 0 aromatic heterocycles. The Morgan fingerprint density at radius 2 is 2.30 bits per heavy atom. The minimum Gasteiger partial charge on any atom is -0.490 e. The molecule has 0 amide bonds. The number of aliphatic hydroxyl groups is 2. The van der Waals surface area contributed by atoms with Crippen molar-refractivity contribution >= 4 is 0 Å². The first kappa shape index (κ1) is 13.7. The Hall–Kier alpha value is -1.30. The largest absolute Gasteiger partial charge is 0.490 e. The predicted octanol–water partition coefficient (Wildman–Crippen LogP) is 1.15. The first-order valence-corrected chi connectivity index (χ1v) is 7.09. The van der Waals surface area contributed by atoms with E-state index >= 15 is 0 Å². The van der Waals surface area contributed by atoms with Crippen LogP contribution >= 0.6 is 0 Å². The van der Waals surface area contributed by atoms with E-state index in [-0.39, 0.29) is 5.92 Å². The Labute approximate surface area is 118 Å². The van der Waals surface area contributed by atoms with Crippen LogP contribution in [0.15, 0.2) is 18.2 Å². The van der Waals surface area contributed by atoms with Crippen LogP contribution in [0.25, 0.3) is 0 Å². The van der Waals surface area contributed by atoms with Gasteiger partial charge in [-0.25, -0.2) is 0 Å². The molecular weight excluding hydrogens is 258 g/mol. The van der Waals surface area contributed by atoms with Gasteiger partial charge in [-0.3, -0.25) is 0 Å². The van der Waals surface area contributed by atoms with Crippen molar-refractivity contribution in [3.05, 3.63) is 23.8 Å². The van der Waals surface area contributed by atoms with Crippen LogP contribution < -0.4 is 9.47 Å². The fourth-order valence-corrected chi connectivity index (χ4v) is 3.12. The molecule has 0 aliphatic carbocycles. The van der Waals surface area contributed by atoms with Crippen LogP contribution in [0, 0.1) is 5.92 Å². The summed E-state index contributed by atoms with van der Waals surface area (Å²) < 4.78 is 11.4. The minimum absolute atomic E-state index is 0.342. The van der Waals surface area contributed by atoms with Gasteiger partial charge in [0.1, 0.15) is 0 Å². The Morgan fingerprint density at radius 1 is 1.50 bits per heavy atom. The zero-order valence-electron chi connectivity index (χ0n) is 11.9. The van der Waals surface area contributed by atoms with Crippen molar-refractivity contribution in [1.29, 1.82) is 0 Å². The standard InChI is InChI=1S/C15H21NO4/c1-3-19-12-6-4-5-10-13(17)11-9-16(2)8-7-15(11,18)20-14(10)12/h4-6,11,13,17-18H,3,7-9H2,1-2H3. The number of fused-ring (bicyclic) bond motifs is 2. The third-order valence-corrected chi connectivity index (χ3v) is 4.23. The lowest BCUT2D eigenvalue weighted by molar-refractivity contribution is -0.239. The van der Waals surface area contributed by atoms with Gasteiger partial charge in [-0.15, -0.1) is 0 Å². The van der Waals surface area contributed by atoms with E-state index in [0.717, 1.165) is 6.54 Å². The summed E-state index contributed by atoms with van der Waals surface area (Å²) in [6, 6.07) is 5.47. The van der Waals surface area contributed by atoms with E-state index in [1.807, 2.05) is 26.1 Å². The molecule has 1 aromatic rings. The number of aliphatic hydroxyl groups excluding tert-OH is 1. The van der Waals surface area contributed by atoms with Crippen LogP contribution in [0.2, 0.25) is 0 Å². The second-order valence-electron chi connectivity index (χ2n) is 5.62. The number of hydrogen-bond donors (Lipinski definition) is 2. The van der Waals surface area contributed by atoms with E-state index in [9.17, 15) is 10.2 Å². The summed E-state index contributed by atoms with van der Waals surface area (Å²) >= 11 is 0. The van der Waals surface area contributed by atoms with Crippen molar-refractivity contribution in [2.45, 2.75) is 25.2 Å². The number of hydrogen-bond acceptors (Lipinski definition) is 5. The van der Waals surface area contributed by atoms with Crippen molar-refractivity contribution in [2.24, 2.45) is 5.92 Å². The van der Waals surface area contributed by atoms with Gasteiger partial charge in [0, 0.05) is 25.1 Å². The van der Waals surface area contributed by atoms with Crippen LogP contribution in [0.4, 0.5) is 0 Å². The topological polar surface area (TPSA) is 62.2 Å². The predicted molar refractivity (Wildman–Crippen MR) is 73.8 cm³/mol. The minimum atomic E-state index is -1.31. The van der Waals surface area contributed by atoms with Gasteiger partial charge in [0.15, 0.2) is 11.5 Å².